The van der Waals surface area contributed by atoms with Crippen LogP contribution in [0, 0.1) is 10.8 Å². The molecule has 3 aliphatic rings. The van der Waals surface area contributed by atoms with Crippen molar-refractivity contribution in [2.24, 2.45) is 10.8 Å². The minimum Gasteiger partial charge on any atom is -0.490 e. The van der Waals surface area contributed by atoms with Gasteiger partial charge >= 0.3 is 16.1 Å². The van der Waals surface area contributed by atoms with Crippen molar-refractivity contribution in [1.29, 1.82) is 0 Å². The molecule has 1 aliphatic heterocycles. The van der Waals surface area contributed by atoms with Gasteiger partial charge in [0.2, 0.25) is 5.75 Å². The van der Waals surface area contributed by atoms with E-state index >= 15 is 0 Å². The molecular weight excluding hydrogens is 618 g/mol. The number of benzene rings is 2. The number of hydrogen-bond donors (Lipinski definition) is 1. The first kappa shape index (κ1) is 32.8. The summed E-state index contributed by atoms with van der Waals surface area (Å²) < 4.78 is 37.7. The number of ether oxygens (including phenoxy) is 1. The molecule has 1 heterocycles. The summed E-state index contributed by atoms with van der Waals surface area (Å²) in [5.74, 6) is -2.16. The second-order valence-electron chi connectivity index (χ2n) is 13.4. The van der Waals surface area contributed by atoms with E-state index in [-0.39, 0.29) is 76.2 Å². The molecular formula is C34H38ClNO8S. The fourth-order valence-corrected chi connectivity index (χ4v) is 7.98. The second kappa shape index (κ2) is 11.9. The molecule has 11 heteroatoms. The summed E-state index contributed by atoms with van der Waals surface area (Å²) in [5.41, 5.74) is 2.04. The molecule has 0 amide bonds. The van der Waals surface area contributed by atoms with Crippen molar-refractivity contribution in [3.05, 3.63) is 75.6 Å². The van der Waals surface area contributed by atoms with Gasteiger partial charge in [-0.3, -0.25) is 14.4 Å². The minimum absolute atomic E-state index is 0.0553. The summed E-state index contributed by atoms with van der Waals surface area (Å²) in [5, 5.41) is 9.54. The first-order valence-corrected chi connectivity index (χ1v) is 16.8. The molecule has 2 aliphatic carbocycles. The predicted molar refractivity (Wildman–Crippen MR) is 169 cm³/mol. The topological polar surface area (TPSA) is 127 Å². The first-order chi connectivity index (χ1) is 21.0. The average molecular weight is 656 g/mol. The number of carbonyl (C=O) groups is 3. The summed E-state index contributed by atoms with van der Waals surface area (Å²) in [7, 11) is -4.26. The van der Waals surface area contributed by atoms with Crippen LogP contribution in [0.5, 0.6) is 11.5 Å². The molecule has 0 unspecified atom stereocenters. The Kier molecular flexibility index (Phi) is 8.70. The molecule has 0 aromatic heterocycles. The van der Waals surface area contributed by atoms with Gasteiger partial charge in [-0.05, 0) is 60.4 Å². The third-order valence-electron chi connectivity index (χ3n) is 8.46. The number of nitrogens with zero attached hydrogens (tertiary/aromatic N) is 1. The molecule has 9 nitrogen and oxygen atoms in total. The number of rotatable bonds is 9. The molecule has 2 aromatic rings. The highest BCUT2D eigenvalue weighted by Crippen LogP contribution is 2.55. The molecule has 0 radical (unpaired) electrons. The van der Waals surface area contributed by atoms with Gasteiger partial charge in [-0.25, -0.2) is 0 Å². The van der Waals surface area contributed by atoms with Crippen LogP contribution in [0.2, 0.25) is 5.02 Å². The van der Waals surface area contributed by atoms with E-state index in [4.69, 9.17) is 20.5 Å². The molecule has 0 bridgehead atoms. The van der Waals surface area contributed by atoms with Gasteiger partial charge in [-0.2, -0.15) is 8.42 Å². The van der Waals surface area contributed by atoms with Crippen LogP contribution in [0.15, 0.2) is 69.9 Å². The smallest absolute Gasteiger partial charge is 0.339 e. The average Bonchev–Trinajstić information content (AvgIpc) is 2.92. The summed E-state index contributed by atoms with van der Waals surface area (Å²) in [4.78, 5) is 41.6. The van der Waals surface area contributed by atoms with Crippen LogP contribution in [0.25, 0.3) is 0 Å². The van der Waals surface area contributed by atoms with Crippen molar-refractivity contribution in [3.63, 3.8) is 0 Å². The molecule has 240 valence electrons. The Morgan fingerprint density at radius 2 is 1.51 bits per heavy atom. The monoisotopic (exact) mass is 655 g/mol. The van der Waals surface area contributed by atoms with Gasteiger partial charge in [-0.15, -0.1) is 0 Å². The Morgan fingerprint density at radius 1 is 0.956 bits per heavy atom. The number of halogens is 1. The fourth-order valence-electron chi connectivity index (χ4n) is 6.70. The van der Waals surface area contributed by atoms with Crippen molar-refractivity contribution >= 4 is 39.3 Å². The van der Waals surface area contributed by atoms with E-state index in [0.717, 1.165) is 0 Å². The standard InChI is InChI=1S/C34H38ClNO8S/c1-6-43-27-15-20(14-22(35)32(27)44-45(41,42)21-10-8-7-9-11-21)29-30-23(16-33(2,3)18-25(30)37)36(13-12-28(39)40)24-17-34(4,5)19-26(38)31(24)29/h7-11,14-15,29H,6,12-13,16-19H2,1-5H3,(H,39,40). The highest BCUT2D eigenvalue weighted by Gasteiger charge is 2.49. The normalized spacial score (nSPS) is 19.7. The van der Waals surface area contributed by atoms with E-state index in [9.17, 15) is 27.9 Å². The Bertz CT molecular complexity index is 1690. The van der Waals surface area contributed by atoms with E-state index in [2.05, 4.69) is 0 Å². The van der Waals surface area contributed by atoms with Crippen LogP contribution in [0.1, 0.15) is 78.2 Å². The number of carboxylic acid groups (broad SMARTS) is 1. The molecule has 0 saturated heterocycles. The van der Waals surface area contributed by atoms with Gasteiger partial charge in [0.25, 0.3) is 0 Å². The Hall–Kier alpha value is -3.63. The minimum atomic E-state index is -4.26. The molecule has 1 N–H and O–H groups in total. The first-order valence-electron chi connectivity index (χ1n) is 15.0. The van der Waals surface area contributed by atoms with Crippen molar-refractivity contribution in [2.45, 2.75) is 77.5 Å². The van der Waals surface area contributed by atoms with Crippen LogP contribution in [-0.2, 0) is 24.5 Å². The van der Waals surface area contributed by atoms with Crippen molar-refractivity contribution in [1.82, 2.24) is 4.90 Å². The largest absolute Gasteiger partial charge is 0.490 e. The van der Waals surface area contributed by atoms with E-state index in [1.807, 2.05) is 32.6 Å². The third kappa shape index (κ3) is 6.53. The summed E-state index contributed by atoms with van der Waals surface area (Å²) in [6, 6.07) is 10.8. The van der Waals surface area contributed by atoms with Crippen LogP contribution in [0.4, 0.5) is 0 Å². The number of allylic oxidation sites excluding steroid dienone is 4. The maximum Gasteiger partial charge on any atom is 0.339 e. The molecule has 0 saturated carbocycles. The molecule has 5 rings (SSSR count). The van der Waals surface area contributed by atoms with Gasteiger partial charge in [0.1, 0.15) is 4.90 Å². The number of carboxylic acids is 1. The quantitative estimate of drug-likeness (QED) is 0.295. The molecule has 0 fully saturated rings. The molecule has 2 aromatic carbocycles. The summed E-state index contributed by atoms with van der Waals surface area (Å²) in [6.07, 6.45) is 1.36. The lowest BCUT2D eigenvalue weighted by Crippen LogP contribution is -2.45. The molecule has 0 atom stereocenters. The number of carbonyl (C=O) groups excluding carboxylic acids is 2. The third-order valence-corrected chi connectivity index (χ3v) is 9.98. The zero-order valence-corrected chi connectivity index (χ0v) is 27.7. The van der Waals surface area contributed by atoms with Crippen LogP contribution in [0.3, 0.4) is 0 Å². The predicted octanol–water partition coefficient (Wildman–Crippen LogP) is 6.67. The number of aliphatic carboxylic acids is 1. The van der Waals surface area contributed by atoms with Crippen molar-refractivity contribution in [3.8, 4) is 11.5 Å². The lowest BCUT2D eigenvalue weighted by Gasteiger charge is -2.49. The SMILES string of the molecule is CCOc1cc(C2C3=C(CC(C)(C)CC3=O)N(CCC(=O)O)C3=C2C(=O)CC(C)(C)C3)cc(Cl)c1OS(=O)(=O)c1ccccc1. The number of hydrogen-bond acceptors (Lipinski definition) is 8. The zero-order chi connectivity index (χ0) is 32.9. The Morgan fingerprint density at radius 3 is 2.02 bits per heavy atom. The van der Waals surface area contributed by atoms with E-state index in [1.54, 1.807) is 31.2 Å². The molecule has 45 heavy (non-hydrogen) atoms. The van der Waals surface area contributed by atoms with Crippen molar-refractivity contribution in [2.75, 3.05) is 13.2 Å². The van der Waals surface area contributed by atoms with Crippen LogP contribution in [-0.4, -0.2) is 49.1 Å². The molecule has 0 spiro atoms. The second-order valence-corrected chi connectivity index (χ2v) is 15.4. The lowest BCUT2D eigenvalue weighted by atomic mass is 9.63. The van der Waals surface area contributed by atoms with E-state index in [1.165, 1.54) is 18.2 Å². The maximum atomic E-state index is 14.0. The van der Waals surface area contributed by atoms with E-state index in [0.29, 0.717) is 40.9 Å². The lowest BCUT2D eigenvalue weighted by molar-refractivity contribution is -0.137. The Labute approximate surface area is 269 Å². The van der Waals surface area contributed by atoms with Gasteiger partial charge in [0, 0.05) is 47.8 Å². The van der Waals surface area contributed by atoms with Crippen LogP contribution < -0.4 is 8.92 Å². The van der Waals surface area contributed by atoms with E-state index < -0.39 is 22.0 Å². The number of ketones is 2. The summed E-state index contributed by atoms with van der Waals surface area (Å²) >= 11 is 6.76. The summed E-state index contributed by atoms with van der Waals surface area (Å²) in [6.45, 7) is 10.0. The van der Waals surface area contributed by atoms with Gasteiger partial charge < -0.3 is 18.9 Å². The maximum absolute atomic E-state index is 14.0. The fraction of sp³-hybridized carbons (Fsp3) is 0.441. The van der Waals surface area contributed by atoms with Gasteiger partial charge in [0.15, 0.2) is 17.3 Å². The van der Waals surface area contributed by atoms with Gasteiger partial charge in [-0.1, -0.05) is 57.5 Å². The van der Waals surface area contributed by atoms with Gasteiger partial charge in [0.05, 0.1) is 18.1 Å². The highest BCUT2D eigenvalue weighted by molar-refractivity contribution is 7.87. The zero-order valence-electron chi connectivity index (χ0n) is 26.1. The van der Waals surface area contributed by atoms with Crippen molar-refractivity contribution < 1.29 is 36.8 Å². The van der Waals surface area contributed by atoms with Crippen LogP contribution >= 0.6 is 11.6 Å². The Balaban J connectivity index is 1.72. The number of Topliss-reactive ketones (excluding diaryl/α,β-unsaturated/α-hetero) is 2. The highest BCUT2D eigenvalue weighted by atomic mass is 35.5.